The highest BCUT2D eigenvalue weighted by Gasteiger charge is 2.52. The number of aromatic nitrogens is 2. The zero-order valence-electron chi connectivity index (χ0n) is 12.4. The third-order valence-corrected chi connectivity index (χ3v) is 3.88. The summed E-state index contributed by atoms with van der Waals surface area (Å²) < 4.78 is 11.7. The summed E-state index contributed by atoms with van der Waals surface area (Å²) in [6, 6.07) is 0. The topological polar surface area (TPSA) is 81.5 Å². The van der Waals surface area contributed by atoms with Crippen LogP contribution in [0.2, 0.25) is 0 Å². The monoisotopic (exact) mass is 278 g/mol. The van der Waals surface area contributed by atoms with Crippen molar-refractivity contribution in [1.82, 2.24) is 9.97 Å². The van der Waals surface area contributed by atoms with Gasteiger partial charge in [0, 0.05) is 17.9 Å². The molecule has 1 saturated heterocycles. The van der Waals surface area contributed by atoms with Gasteiger partial charge in [-0.05, 0) is 34.6 Å². The van der Waals surface area contributed by atoms with E-state index in [-0.39, 0.29) is 5.82 Å². The summed E-state index contributed by atoms with van der Waals surface area (Å²) in [6.45, 7) is 9.17. The van der Waals surface area contributed by atoms with E-state index in [2.05, 4.69) is 9.97 Å². The van der Waals surface area contributed by atoms with E-state index in [9.17, 15) is 9.90 Å². The van der Waals surface area contributed by atoms with Crippen LogP contribution in [0.5, 0.6) is 0 Å². The van der Waals surface area contributed by atoms with E-state index in [1.165, 1.54) is 19.3 Å². The lowest BCUT2D eigenvalue weighted by atomic mass is 9.81. The van der Waals surface area contributed by atoms with E-state index < -0.39 is 23.9 Å². The Morgan fingerprint density at radius 1 is 1.20 bits per heavy atom. The van der Waals surface area contributed by atoms with Crippen molar-refractivity contribution in [1.29, 1.82) is 0 Å². The van der Waals surface area contributed by atoms with Crippen LogP contribution >= 0.6 is 0 Å². The van der Waals surface area contributed by atoms with Crippen molar-refractivity contribution in [3.8, 4) is 0 Å². The van der Waals surface area contributed by atoms with Crippen molar-refractivity contribution in [2.75, 3.05) is 0 Å². The van der Waals surface area contributed by atoms with E-state index in [1.54, 1.807) is 0 Å². The highest BCUT2D eigenvalue weighted by atomic mass is 16.7. The molecule has 1 aromatic rings. The fourth-order valence-corrected chi connectivity index (χ4v) is 1.75. The first-order valence-corrected chi connectivity index (χ1v) is 6.46. The molecule has 0 aliphatic carbocycles. The van der Waals surface area contributed by atoms with Gasteiger partial charge in [0.1, 0.15) is 0 Å². The molecule has 1 aliphatic rings. The number of carbonyl (C=O) groups is 1. The van der Waals surface area contributed by atoms with E-state index in [4.69, 9.17) is 9.31 Å². The van der Waals surface area contributed by atoms with Gasteiger partial charge >= 0.3 is 7.12 Å². The maximum atomic E-state index is 10.8. The molecule has 0 aromatic carbocycles. The van der Waals surface area contributed by atoms with Gasteiger partial charge in [-0.3, -0.25) is 4.79 Å². The quantitative estimate of drug-likeness (QED) is 0.627. The van der Waals surface area contributed by atoms with Gasteiger partial charge in [-0.15, -0.1) is 0 Å². The summed E-state index contributed by atoms with van der Waals surface area (Å²) in [5, 5.41) is 9.76. The van der Waals surface area contributed by atoms with E-state index in [1.807, 2.05) is 27.7 Å². The van der Waals surface area contributed by atoms with Gasteiger partial charge < -0.3 is 14.4 Å². The van der Waals surface area contributed by atoms with Gasteiger partial charge in [-0.2, -0.15) is 0 Å². The third-order valence-electron chi connectivity index (χ3n) is 3.88. The third kappa shape index (κ3) is 2.48. The van der Waals surface area contributed by atoms with Crippen LogP contribution in [0.1, 0.15) is 40.4 Å². The first-order valence-electron chi connectivity index (χ1n) is 6.46. The molecule has 2 rings (SSSR count). The molecule has 0 saturated carbocycles. The fourth-order valence-electron chi connectivity index (χ4n) is 1.75. The average Bonchev–Trinajstić information content (AvgIpc) is 2.59. The van der Waals surface area contributed by atoms with Crippen molar-refractivity contribution >= 4 is 18.9 Å². The Balaban J connectivity index is 2.23. The first kappa shape index (κ1) is 15.1. The summed E-state index contributed by atoms with van der Waals surface area (Å²) in [7, 11) is -0.560. The molecule has 2 heterocycles. The predicted molar refractivity (Wildman–Crippen MR) is 73.4 cm³/mol. The molecule has 0 radical (unpaired) electrons. The summed E-state index contributed by atoms with van der Waals surface area (Å²) in [6.07, 6.45) is 3.40. The Labute approximate surface area is 118 Å². The highest BCUT2D eigenvalue weighted by Crippen LogP contribution is 2.36. The van der Waals surface area contributed by atoms with Crippen LogP contribution in [0.3, 0.4) is 0 Å². The Morgan fingerprint density at radius 2 is 1.65 bits per heavy atom. The minimum absolute atomic E-state index is 0.0489. The predicted octanol–water partition coefficient (Wildman–Crippen LogP) is 0.182. The molecule has 0 bridgehead atoms. The molecule has 1 unspecified atom stereocenters. The Bertz CT molecular complexity index is 498. The van der Waals surface area contributed by atoms with Gasteiger partial charge in [-0.25, -0.2) is 9.97 Å². The molecule has 1 atom stereocenters. The van der Waals surface area contributed by atoms with Gasteiger partial charge in [0.25, 0.3) is 0 Å². The molecule has 6 nitrogen and oxygen atoms in total. The molecule has 108 valence electrons. The standard InChI is InChI=1S/C13H19BN2O4/c1-11(2)12(3,4)20-14(19-11)9-6-15-10(16-7-9)13(5,18)8-17/h6-8,18H,1-5H3. The second-order valence-electron chi connectivity index (χ2n) is 6.19. The molecule has 20 heavy (non-hydrogen) atoms. The van der Waals surface area contributed by atoms with Crippen molar-refractivity contribution in [2.24, 2.45) is 0 Å². The fraction of sp³-hybridized carbons (Fsp3) is 0.615. The highest BCUT2D eigenvalue weighted by molar-refractivity contribution is 6.61. The van der Waals surface area contributed by atoms with E-state index >= 15 is 0 Å². The van der Waals surface area contributed by atoms with Crippen molar-refractivity contribution in [3.63, 3.8) is 0 Å². The number of nitrogens with zero attached hydrogens (tertiary/aromatic N) is 2. The molecule has 7 heteroatoms. The second kappa shape index (κ2) is 4.61. The van der Waals surface area contributed by atoms with E-state index in [0.29, 0.717) is 11.7 Å². The van der Waals surface area contributed by atoms with Crippen LogP contribution in [0, 0.1) is 0 Å². The maximum Gasteiger partial charge on any atom is 0.498 e. The lowest BCUT2D eigenvalue weighted by Gasteiger charge is -2.32. The van der Waals surface area contributed by atoms with Crippen LogP contribution in [-0.2, 0) is 19.7 Å². The van der Waals surface area contributed by atoms with Gasteiger partial charge in [0.05, 0.1) is 11.2 Å². The zero-order chi connectivity index (χ0) is 15.2. The van der Waals surface area contributed by atoms with Crippen molar-refractivity contribution in [3.05, 3.63) is 18.2 Å². The SMILES string of the molecule is CC(O)(C=O)c1ncc(B2OC(C)(C)C(C)(C)O2)cn1. The summed E-state index contributed by atoms with van der Waals surface area (Å²) in [5.41, 5.74) is -1.92. The minimum Gasteiger partial charge on any atom is -0.399 e. The Hall–Kier alpha value is -1.31. The molecule has 1 aromatic heterocycles. The Kier molecular flexibility index (Phi) is 3.48. The number of aldehydes is 1. The van der Waals surface area contributed by atoms with Crippen molar-refractivity contribution in [2.45, 2.75) is 51.4 Å². The van der Waals surface area contributed by atoms with Crippen LogP contribution in [0.25, 0.3) is 0 Å². The normalized spacial score (nSPS) is 23.4. The molecule has 0 amide bonds. The van der Waals surface area contributed by atoms with Gasteiger partial charge in [0.2, 0.25) is 0 Å². The molecular formula is C13H19BN2O4. The van der Waals surface area contributed by atoms with Crippen LogP contribution in [-0.4, -0.2) is 39.7 Å². The van der Waals surface area contributed by atoms with Crippen LogP contribution in [0.15, 0.2) is 12.4 Å². The van der Waals surface area contributed by atoms with E-state index in [0.717, 1.165) is 0 Å². The molecule has 1 N–H and O–H groups in total. The lowest BCUT2D eigenvalue weighted by molar-refractivity contribution is -0.123. The second-order valence-corrected chi connectivity index (χ2v) is 6.19. The number of rotatable bonds is 3. The molecule has 0 spiro atoms. The number of aliphatic hydroxyl groups is 1. The number of hydrogen-bond acceptors (Lipinski definition) is 6. The Morgan fingerprint density at radius 3 is 2.05 bits per heavy atom. The van der Waals surface area contributed by atoms with Crippen LogP contribution < -0.4 is 5.46 Å². The lowest BCUT2D eigenvalue weighted by Crippen LogP contribution is -2.41. The summed E-state index contributed by atoms with van der Waals surface area (Å²) in [5.74, 6) is 0.0489. The zero-order valence-corrected chi connectivity index (χ0v) is 12.4. The first-order chi connectivity index (χ1) is 9.09. The number of hydrogen-bond donors (Lipinski definition) is 1. The summed E-state index contributed by atoms with van der Waals surface area (Å²) >= 11 is 0. The maximum absolute atomic E-state index is 10.8. The number of carbonyl (C=O) groups excluding carboxylic acids is 1. The van der Waals surface area contributed by atoms with Gasteiger partial charge in [0.15, 0.2) is 17.7 Å². The largest absolute Gasteiger partial charge is 0.498 e. The summed E-state index contributed by atoms with van der Waals surface area (Å²) in [4.78, 5) is 18.8. The molecule has 1 aliphatic heterocycles. The van der Waals surface area contributed by atoms with Crippen LogP contribution in [0.4, 0.5) is 0 Å². The molecular weight excluding hydrogens is 259 g/mol. The van der Waals surface area contributed by atoms with Crippen molar-refractivity contribution < 1.29 is 19.2 Å². The average molecular weight is 278 g/mol. The smallest absolute Gasteiger partial charge is 0.399 e. The minimum atomic E-state index is -1.69. The molecule has 1 fully saturated rings. The van der Waals surface area contributed by atoms with Gasteiger partial charge in [-0.1, -0.05) is 0 Å².